The highest BCUT2D eigenvalue weighted by Crippen LogP contribution is 2.20. The van der Waals surface area contributed by atoms with Gasteiger partial charge in [0, 0.05) is 12.6 Å². The van der Waals surface area contributed by atoms with Crippen LogP contribution in [0.2, 0.25) is 0 Å². The summed E-state index contributed by atoms with van der Waals surface area (Å²) < 4.78 is 0. The second-order valence-electron chi connectivity index (χ2n) is 4.68. The first kappa shape index (κ1) is 11.0. The minimum atomic E-state index is 0.383. The van der Waals surface area contributed by atoms with Crippen molar-refractivity contribution < 1.29 is 0 Å². The molecule has 0 spiro atoms. The van der Waals surface area contributed by atoms with Crippen molar-refractivity contribution in [3.63, 3.8) is 0 Å². The second kappa shape index (κ2) is 5.61. The fourth-order valence-electron chi connectivity index (χ4n) is 2.17. The minimum Gasteiger partial charge on any atom is -0.328 e. The van der Waals surface area contributed by atoms with Crippen LogP contribution in [0.5, 0.6) is 0 Å². The van der Waals surface area contributed by atoms with Crippen LogP contribution in [0.1, 0.15) is 39.0 Å². The van der Waals surface area contributed by atoms with Crippen LogP contribution < -0.4 is 5.73 Å². The van der Waals surface area contributed by atoms with Crippen molar-refractivity contribution in [2.45, 2.75) is 45.1 Å². The summed E-state index contributed by atoms with van der Waals surface area (Å²) in [5.74, 6) is 0.901. The van der Waals surface area contributed by atoms with Gasteiger partial charge in [0.25, 0.3) is 0 Å². The third-order valence-corrected chi connectivity index (χ3v) is 3.00. The zero-order valence-corrected chi connectivity index (χ0v) is 9.13. The van der Waals surface area contributed by atoms with Crippen molar-refractivity contribution in [1.29, 1.82) is 0 Å². The highest BCUT2D eigenvalue weighted by molar-refractivity contribution is 4.70. The summed E-state index contributed by atoms with van der Waals surface area (Å²) in [6, 6.07) is 0.383. The molecule has 0 aromatic carbocycles. The number of hydrogen-bond acceptors (Lipinski definition) is 2. The molecule has 0 radical (unpaired) electrons. The molecule has 0 saturated carbocycles. The molecule has 2 atom stereocenters. The molecular formula is C11H24N2. The Hall–Kier alpha value is -0.0800. The summed E-state index contributed by atoms with van der Waals surface area (Å²) in [5.41, 5.74) is 5.77. The number of hydrogen-bond donors (Lipinski definition) is 1. The molecular weight excluding hydrogens is 160 g/mol. The highest BCUT2D eigenvalue weighted by atomic mass is 15.1. The lowest BCUT2D eigenvalue weighted by Gasteiger charge is -2.20. The van der Waals surface area contributed by atoms with E-state index >= 15 is 0 Å². The number of nitrogens with two attached hydrogens (primary N) is 1. The van der Waals surface area contributed by atoms with E-state index in [-0.39, 0.29) is 0 Å². The highest BCUT2D eigenvalue weighted by Gasteiger charge is 2.15. The van der Waals surface area contributed by atoms with Crippen molar-refractivity contribution in [1.82, 2.24) is 4.90 Å². The summed E-state index contributed by atoms with van der Waals surface area (Å²) in [6.07, 6.45) is 6.72. The van der Waals surface area contributed by atoms with Crippen LogP contribution >= 0.6 is 0 Å². The molecule has 0 aromatic heterocycles. The van der Waals surface area contributed by atoms with E-state index in [1.165, 1.54) is 45.2 Å². The third-order valence-electron chi connectivity index (χ3n) is 3.00. The Labute approximate surface area is 82.5 Å². The van der Waals surface area contributed by atoms with Crippen molar-refractivity contribution in [3.05, 3.63) is 0 Å². The van der Waals surface area contributed by atoms with Crippen molar-refractivity contribution >= 4 is 0 Å². The van der Waals surface area contributed by atoms with E-state index < -0.39 is 0 Å². The molecule has 2 nitrogen and oxygen atoms in total. The van der Waals surface area contributed by atoms with Gasteiger partial charge in [0.2, 0.25) is 0 Å². The molecule has 13 heavy (non-hydrogen) atoms. The lowest BCUT2D eigenvalue weighted by molar-refractivity contribution is 0.284. The maximum absolute atomic E-state index is 5.77. The lowest BCUT2D eigenvalue weighted by atomic mass is 9.96. The SMILES string of the molecule is CC(N)CCC1CCCCN(C)C1. The van der Waals surface area contributed by atoms with Crippen LogP contribution in [0.4, 0.5) is 0 Å². The molecule has 1 fully saturated rings. The summed E-state index contributed by atoms with van der Waals surface area (Å²) in [5, 5.41) is 0. The predicted molar refractivity (Wildman–Crippen MR) is 57.7 cm³/mol. The van der Waals surface area contributed by atoms with E-state index in [2.05, 4.69) is 18.9 Å². The molecule has 2 N–H and O–H groups in total. The maximum atomic E-state index is 5.77. The number of likely N-dealkylation sites (tertiary alicyclic amines) is 1. The molecule has 2 heteroatoms. The van der Waals surface area contributed by atoms with Crippen LogP contribution in [0.3, 0.4) is 0 Å². The fourth-order valence-corrected chi connectivity index (χ4v) is 2.17. The maximum Gasteiger partial charge on any atom is 0.00105 e. The van der Waals surface area contributed by atoms with Gasteiger partial charge in [0.05, 0.1) is 0 Å². The smallest absolute Gasteiger partial charge is 0.00105 e. The van der Waals surface area contributed by atoms with Gasteiger partial charge in [-0.25, -0.2) is 0 Å². The number of nitrogens with zero attached hydrogens (tertiary/aromatic N) is 1. The van der Waals surface area contributed by atoms with Gasteiger partial charge in [-0.3, -0.25) is 0 Å². The molecule has 1 heterocycles. The molecule has 1 aliphatic rings. The normalized spacial score (nSPS) is 28.4. The third kappa shape index (κ3) is 4.63. The average molecular weight is 184 g/mol. The summed E-state index contributed by atoms with van der Waals surface area (Å²) in [6.45, 7) is 4.68. The Balaban J connectivity index is 2.22. The summed E-state index contributed by atoms with van der Waals surface area (Å²) in [4.78, 5) is 2.47. The summed E-state index contributed by atoms with van der Waals surface area (Å²) in [7, 11) is 2.24. The van der Waals surface area contributed by atoms with Crippen LogP contribution in [-0.4, -0.2) is 31.1 Å². The standard InChI is InChI=1S/C11H24N2/c1-10(12)6-7-11-5-3-4-8-13(2)9-11/h10-11H,3-9,12H2,1-2H3. The zero-order valence-electron chi connectivity index (χ0n) is 9.13. The molecule has 1 saturated heterocycles. The molecule has 1 aliphatic heterocycles. The van der Waals surface area contributed by atoms with Gasteiger partial charge in [-0.1, -0.05) is 6.42 Å². The van der Waals surface area contributed by atoms with E-state index in [1.807, 2.05) is 0 Å². The molecule has 2 unspecified atom stereocenters. The molecule has 0 bridgehead atoms. The molecule has 78 valence electrons. The van der Waals surface area contributed by atoms with Crippen LogP contribution in [0.15, 0.2) is 0 Å². The average Bonchev–Trinajstić information content (AvgIpc) is 2.26. The topological polar surface area (TPSA) is 29.3 Å². The van der Waals surface area contributed by atoms with Crippen molar-refractivity contribution in [2.75, 3.05) is 20.1 Å². The Morgan fingerprint density at radius 1 is 1.46 bits per heavy atom. The second-order valence-corrected chi connectivity index (χ2v) is 4.68. The van der Waals surface area contributed by atoms with Gasteiger partial charge in [-0.2, -0.15) is 0 Å². The first-order valence-corrected chi connectivity index (χ1v) is 5.62. The lowest BCUT2D eigenvalue weighted by Crippen LogP contribution is -2.25. The Morgan fingerprint density at radius 2 is 2.23 bits per heavy atom. The Morgan fingerprint density at radius 3 is 2.92 bits per heavy atom. The largest absolute Gasteiger partial charge is 0.328 e. The summed E-state index contributed by atoms with van der Waals surface area (Å²) >= 11 is 0. The van der Waals surface area contributed by atoms with Gasteiger partial charge in [0.1, 0.15) is 0 Å². The Kier molecular flexibility index (Phi) is 4.74. The monoisotopic (exact) mass is 184 g/mol. The van der Waals surface area contributed by atoms with Gasteiger partial charge in [-0.05, 0) is 52.1 Å². The van der Waals surface area contributed by atoms with E-state index in [9.17, 15) is 0 Å². The van der Waals surface area contributed by atoms with Crippen molar-refractivity contribution in [3.8, 4) is 0 Å². The molecule has 0 amide bonds. The van der Waals surface area contributed by atoms with Gasteiger partial charge in [-0.15, -0.1) is 0 Å². The van der Waals surface area contributed by atoms with Crippen LogP contribution in [0, 0.1) is 5.92 Å². The van der Waals surface area contributed by atoms with Crippen molar-refractivity contribution in [2.24, 2.45) is 11.7 Å². The zero-order chi connectivity index (χ0) is 9.68. The van der Waals surface area contributed by atoms with E-state index in [0.717, 1.165) is 5.92 Å². The number of rotatable bonds is 3. The van der Waals surface area contributed by atoms with Gasteiger partial charge >= 0.3 is 0 Å². The quantitative estimate of drug-likeness (QED) is 0.725. The molecule has 1 rings (SSSR count). The van der Waals surface area contributed by atoms with E-state index in [4.69, 9.17) is 5.73 Å². The molecule has 0 aromatic rings. The van der Waals surface area contributed by atoms with E-state index in [0.29, 0.717) is 6.04 Å². The molecule has 0 aliphatic carbocycles. The van der Waals surface area contributed by atoms with Crippen LogP contribution in [0.25, 0.3) is 0 Å². The first-order chi connectivity index (χ1) is 6.18. The van der Waals surface area contributed by atoms with Gasteiger partial charge in [0.15, 0.2) is 0 Å². The van der Waals surface area contributed by atoms with E-state index in [1.54, 1.807) is 0 Å². The fraction of sp³-hybridized carbons (Fsp3) is 1.00. The van der Waals surface area contributed by atoms with Gasteiger partial charge < -0.3 is 10.6 Å². The first-order valence-electron chi connectivity index (χ1n) is 5.62. The van der Waals surface area contributed by atoms with Crippen LogP contribution in [-0.2, 0) is 0 Å². The predicted octanol–water partition coefficient (Wildman–Crippen LogP) is 1.85. The minimum absolute atomic E-state index is 0.383. The Bertz CT molecular complexity index is 134.